The molecule has 2 N–H and O–H groups in total. The Bertz CT molecular complexity index is 2100. The lowest BCUT2D eigenvalue weighted by atomic mass is 9.85. The van der Waals surface area contributed by atoms with E-state index in [1.54, 1.807) is 29.8 Å². The number of hydrogen-bond donors (Lipinski definition) is 2. The molecule has 4 heterocycles. The van der Waals surface area contributed by atoms with Crippen LogP contribution in [-0.4, -0.2) is 68.3 Å². The zero-order valence-electron chi connectivity index (χ0n) is 31.5. The third kappa shape index (κ3) is 7.82. The van der Waals surface area contributed by atoms with E-state index in [0.717, 1.165) is 18.9 Å². The summed E-state index contributed by atoms with van der Waals surface area (Å²) in [6, 6.07) is 4.02. The standard InChI is InChI=1S/C41H46F5N5O5/c1-23-12-13-33(41(44,45)46)49-30(23)17-32(53)31-18-39-19-34(39)51(31)36(55)21-50-20-28(24(2)52)27-16-26(48-38(56)29-10-7-8-14-40(29,42)43)15-25(37(27)50)9-5-3-4-6-11-35(54)47-22-39/h12-13,15-16,20,29,31,34H,3-11,14,17-19,21-22H2,1-2H3,(H,47,54)(H,48,56)/t29?,31-,34+,39-/m0/s1. The van der Waals surface area contributed by atoms with Crippen molar-refractivity contribution in [3.63, 3.8) is 0 Å². The first-order valence-corrected chi connectivity index (χ1v) is 19.5. The molecule has 3 aromatic rings. The quantitative estimate of drug-likeness (QED) is 0.202. The van der Waals surface area contributed by atoms with E-state index in [-0.39, 0.29) is 67.4 Å². The Morgan fingerprint density at radius 2 is 1.75 bits per heavy atom. The highest BCUT2D eigenvalue weighted by Crippen LogP contribution is 2.59. The summed E-state index contributed by atoms with van der Waals surface area (Å²) in [5, 5.41) is 6.13. The molecule has 0 radical (unpaired) electrons. The van der Waals surface area contributed by atoms with Crippen LogP contribution in [-0.2, 0) is 44.7 Å². The van der Waals surface area contributed by atoms with E-state index >= 15 is 0 Å². The van der Waals surface area contributed by atoms with Crippen LogP contribution in [0, 0.1) is 18.3 Å². The Morgan fingerprint density at radius 3 is 2.46 bits per heavy atom. The second kappa shape index (κ2) is 15.0. The first kappa shape index (κ1) is 39.5. The molecule has 2 saturated carbocycles. The molecule has 0 spiro atoms. The zero-order chi connectivity index (χ0) is 40.2. The van der Waals surface area contributed by atoms with Crippen molar-refractivity contribution in [2.45, 2.75) is 128 Å². The van der Waals surface area contributed by atoms with Gasteiger partial charge in [0.15, 0.2) is 11.6 Å². The summed E-state index contributed by atoms with van der Waals surface area (Å²) >= 11 is 0. The van der Waals surface area contributed by atoms with Crippen LogP contribution in [0.25, 0.3) is 10.9 Å². The molecular weight excluding hydrogens is 737 g/mol. The number of pyridine rings is 1. The molecule has 2 aliphatic carbocycles. The predicted molar refractivity (Wildman–Crippen MR) is 196 cm³/mol. The van der Waals surface area contributed by atoms with E-state index in [2.05, 4.69) is 15.6 Å². The maximum atomic E-state index is 14.8. The maximum Gasteiger partial charge on any atom is 0.433 e. The highest BCUT2D eigenvalue weighted by molar-refractivity contribution is 6.09. The minimum Gasteiger partial charge on any atom is -0.355 e. The van der Waals surface area contributed by atoms with Gasteiger partial charge < -0.3 is 20.1 Å². The van der Waals surface area contributed by atoms with Gasteiger partial charge in [-0.3, -0.25) is 24.0 Å². The minimum atomic E-state index is -4.71. The van der Waals surface area contributed by atoms with Crippen molar-refractivity contribution in [2.24, 2.45) is 11.3 Å². The molecule has 15 heteroatoms. The van der Waals surface area contributed by atoms with Crippen LogP contribution in [0.5, 0.6) is 0 Å². The van der Waals surface area contributed by atoms with Crippen LogP contribution in [0.1, 0.15) is 110 Å². The molecule has 1 aromatic carbocycles. The highest BCUT2D eigenvalue weighted by atomic mass is 19.4. The molecule has 1 saturated heterocycles. The first-order chi connectivity index (χ1) is 26.5. The number of aromatic nitrogens is 2. The van der Waals surface area contributed by atoms with E-state index in [0.29, 0.717) is 60.6 Å². The number of nitrogens with zero attached hydrogens (tertiary/aromatic N) is 3. The fourth-order valence-corrected chi connectivity index (χ4v) is 9.10. The van der Waals surface area contributed by atoms with Gasteiger partial charge in [-0.05, 0) is 88.1 Å². The lowest BCUT2D eigenvalue weighted by molar-refractivity contribution is -0.142. The van der Waals surface area contributed by atoms with Gasteiger partial charge in [-0.1, -0.05) is 25.3 Å². The molecule has 56 heavy (non-hydrogen) atoms. The summed E-state index contributed by atoms with van der Waals surface area (Å²) in [5.41, 5.74) is 0.471. The molecule has 2 bridgehead atoms. The summed E-state index contributed by atoms with van der Waals surface area (Å²) in [7, 11) is 0. The second-order valence-corrected chi connectivity index (χ2v) is 16.2. The van der Waals surface area contributed by atoms with Gasteiger partial charge >= 0.3 is 6.18 Å². The Labute approximate surface area is 320 Å². The summed E-state index contributed by atoms with van der Waals surface area (Å²) in [5.74, 6) is -6.78. The van der Waals surface area contributed by atoms with E-state index in [9.17, 15) is 45.9 Å². The van der Waals surface area contributed by atoms with Gasteiger partial charge in [0.25, 0.3) is 5.92 Å². The monoisotopic (exact) mass is 783 g/mol. The number of hydrogen-bond acceptors (Lipinski definition) is 6. The number of aryl methyl sites for hydroxylation is 2. The van der Waals surface area contributed by atoms with Crippen LogP contribution in [0.15, 0.2) is 30.5 Å². The number of Topliss-reactive ketones (excluding diaryl/α,β-unsaturated/α-hetero) is 2. The molecule has 4 atom stereocenters. The van der Waals surface area contributed by atoms with Crippen LogP contribution in [0.3, 0.4) is 0 Å². The molecular formula is C41H46F5N5O5. The lowest BCUT2D eigenvalue weighted by Gasteiger charge is -2.30. The number of ketones is 2. The van der Waals surface area contributed by atoms with Gasteiger partial charge in [0.05, 0.1) is 23.7 Å². The van der Waals surface area contributed by atoms with E-state index in [4.69, 9.17) is 0 Å². The normalized spacial score (nSPS) is 25.6. The lowest BCUT2D eigenvalue weighted by Crippen LogP contribution is -2.45. The van der Waals surface area contributed by atoms with Crippen LogP contribution < -0.4 is 10.6 Å². The third-order valence-electron chi connectivity index (χ3n) is 12.2. The molecule has 4 aliphatic rings. The molecule has 3 amide bonds. The summed E-state index contributed by atoms with van der Waals surface area (Å²) < 4.78 is 71.9. The molecule has 7 rings (SSSR count). The second-order valence-electron chi connectivity index (χ2n) is 16.2. The molecule has 1 unspecified atom stereocenters. The number of rotatable bonds is 6. The molecule has 2 aliphatic heterocycles. The number of piperidine rings is 1. The Hall–Kier alpha value is -4.69. The average Bonchev–Trinajstić information content (AvgIpc) is 3.53. The van der Waals surface area contributed by atoms with Gasteiger partial charge in [0.1, 0.15) is 18.2 Å². The van der Waals surface area contributed by atoms with Crippen LogP contribution in [0.2, 0.25) is 0 Å². The number of carbonyl (C=O) groups is 5. The van der Waals surface area contributed by atoms with Crippen molar-refractivity contribution in [2.75, 3.05) is 11.9 Å². The minimum absolute atomic E-state index is 0.0307. The van der Waals surface area contributed by atoms with Crippen LogP contribution >= 0.6 is 0 Å². The third-order valence-corrected chi connectivity index (χ3v) is 12.2. The van der Waals surface area contributed by atoms with E-state index in [1.165, 1.54) is 17.9 Å². The van der Waals surface area contributed by atoms with Crippen molar-refractivity contribution in [3.8, 4) is 0 Å². The van der Waals surface area contributed by atoms with Crippen molar-refractivity contribution in [3.05, 3.63) is 58.5 Å². The Balaban J connectivity index is 1.24. The number of carbonyl (C=O) groups excluding carboxylic acids is 5. The number of anilines is 1. The van der Waals surface area contributed by atoms with Gasteiger partial charge in [0, 0.05) is 53.7 Å². The maximum absolute atomic E-state index is 14.8. The van der Waals surface area contributed by atoms with E-state index < -0.39 is 65.2 Å². The molecule has 300 valence electrons. The van der Waals surface area contributed by atoms with Gasteiger partial charge in [-0.2, -0.15) is 13.2 Å². The molecule has 2 aromatic heterocycles. The summed E-state index contributed by atoms with van der Waals surface area (Å²) in [6.45, 7) is 2.91. The Morgan fingerprint density at radius 1 is 1.00 bits per heavy atom. The number of benzene rings is 1. The van der Waals surface area contributed by atoms with Gasteiger partial charge in [0.2, 0.25) is 17.7 Å². The van der Waals surface area contributed by atoms with Crippen molar-refractivity contribution in [1.29, 1.82) is 0 Å². The van der Waals surface area contributed by atoms with Crippen molar-refractivity contribution in [1.82, 2.24) is 19.8 Å². The van der Waals surface area contributed by atoms with Gasteiger partial charge in [-0.25, -0.2) is 13.8 Å². The zero-order valence-corrected chi connectivity index (χ0v) is 31.5. The largest absolute Gasteiger partial charge is 0.433 e. The first-order valence-electron chi connectivity index (χ1n) is 19.5. The van der Waals surface area contributed by atoms with Crippen molar-refractivity contribution < 1.29 is 45.9 Å². The number of nitrogens with one attached hydrogen (secondary N) is 2. The average molecular weight is 784 g/mol. The topological polar surface area (TPSA) is 130 Å². The van der Waals surface area contributed by atoms with Crippen LogP contribution in [0.4, 0.5) is 27.6 Å². The van der Waals surface area contributed by atoms with Crippen molar-refractivity contribution >= 4 is 45.9 Å². The SMILES string of the molecule is CC(=O)c1cn2c3c(cc(NC(=O)C4CCCCC4(F)F)cc13)CCCCCCC(=O)NC[C@@]13C[C@@H](C(=O)Cc4nc(C(F)(F)F)ccc4C)N(C(=O)C2)[C@@H]1C3. The number of amides is 3. The predicted octanol–water partition coefficient (Wildman–Crippen LogP) is 7.12. The Kier molecular flexibility index (Phi) is 10.6. The number of alkyl halides is 5. The summed E-state index contributed by atoms with van der Waals surface area (Å²) in [6.07, 6.45) is 1.29. The highest BCUT2D eigenvalue weighted by Gasteiger charge is 2.66. The fraction of sp³-hybridized carbons (Fsp3) is 0.561. The number of halogens is 5. The summed E-state index contributed by atoms with van der Waals surface area (Å²) in [4.78, 5) is 73.0. The molecule has 10 nitrogen and oxygen atoms in total. The van der Waals surface area contributed by atoms with Gasteiger partial charge in [-0.15, -0.1) is 0 Å². The van der Waals surface area contributed by atoms with E-state index in [1.807, 2.05) is 0 Å². The fourth-order valence-electron chi connectivity index (χ4n) is 9.10. The molecule has 3 fully saturated rings. The smallest absolute Gasteiger partial charge is 0.355 e.